The van der Waals surface area contributed by atoms with Crippen LogP contribution >= 0.6 is 11.6 Å². The number of alkyl halides is 1. The average Bonchev–Trinajstić information content (AvgIpc) is 2.19. The van der Waals surface area contributed by atoms with Crippen molar-refractivity contribution in [1.29, 1.82) is 0 Å². The molecule has 1 aromatic rings. The summed E-state index contributed by atoms with van der Waals surface area (Å²) in [7, 11) is -3.71. The van der Waals surface area contributed by atoms with Crippen molar-refractivity contribution in [2.24, 2.45) is 0 Å². The summed E-state index contributed by atoms with van der Waals surface area (Å²) >= 11 is 5.81. The Labute approximate surface area is 112 Å². The first-order chi connectivity index (χ1) is 8.22. The Morgan fingerprint density at radius 2 is 2.00 bits per heavy atom. The molecule has 0 spiro atoms. The van der Waals surface area contributed by atoms with Crippen LogP contribution in [0.5, 0.6) is 0 Å². The fraction of sp³-hybridized carbons (Fsp3) is 0.500. The standard InChI is InChI=1S/C12H17ClFNO2S/c1-8-4-5-11(14)7-12(8)18(16,17)15-10(3)6-9(2)13/h4-5,7,9-10,15H,6H2,1-3H3. The minimum atomic E-state index is -3.71. The van der Waals surface area contributed by atoms with Crippen molar-refractivity contribution in [3.8, 4) is 0 Å². The lowest BCUT2D eigenvalue weighted by Gasteiger charge is -2.16. The minimum absolute atomic E-state index is 0.0309. The Morgan fingerprint density at radius 3 is 2.56 bits per heavy atom. The molecule has 0 heterocycles. The molecule has 1 rings (SSSR count). The second kappa shape index (κ2) is 5.99. The quantitative estimate of drug-likeness (QED) is 0.849. The Bertz CT molecular complexity index is 517. The molecule has 0 radical (unpaired) electrons. The SMILES string of the molecule is Cc1ccc(F)cc1S(=O)(=O)NC(C)CC(C)Cl. The Morgan fingerprint density at radius 1 is 1.39 bits per heavy atom. The Balaban J connectivity index is 2.96. The number of benzene rings is 1. The molecule has 0 aliphatic heterocycles. The average molecular weight is 294 g/mol. The first-order valence-corrected chi connectivity index (χ1v) is 7.57. The smallest absolute Gasteiger partial charge is 0.208 e. The minimum Gasteiger partial charge on any atom is -0.208 e. The van der Waals surface area contributed by atoms with Gasteiger partial charge in [0.2, 0.25) is 10.0 Å². The van der Waals surface area contributed by atoms with Gasteiger partial charge in [-0.15, -0.1) is 11.6 Å². The van der Waals surface area contributed by atoms with Crippen LogP contribution in [0.3, 0.4) is 0 Å². The van der Waals surface area contributed by atoms with E-state index >= 15 is 0 Å². The van der Waals surface area contributed by atoms with Gasteiger partial charge in [0, 0.05) is 11.4 Å². The molecule has 3 nitrogen and oxygen atoms in total. The lowest BCUT2D eigenvalue weighted by molar-refractivity contribution is 0.543. The van der Waals surface area contributed by atoms with Crippen LogP contribution in [0.1, 0.15) is 25.8 Å². The van der Waals surface area contributed by atoms with Crippen molar-refractivity contribution in [2.75, 3.05) is 0 Å². The molecule has 0 saturated heterocycles. The van der Waals surface area contributed by atoms with Crippen molar-refractivity contribution < 1.29 is 12.8 Å². The molecule has 6 heteroatoms. The molecule has 0 bridgehead atoms. The second-order valence-corrected chi connectivity index (χ2v) is 6.88. The van der Waals surface area contributed by atoms with Crippen molar-refractivity contribution >= 4 is 21.6 Å². The molecule has 2 atom stereocenters. The molecule has 18 heavy (non-hydrogen) atoms. The number of hydrogen-bond acceptors (Lipinski definition) is 2. The fourth-order valence-electron chi connectivity index (χ4n) is 1.73. The van der Waals surface area contributed by atoms with Gasteiger partial charge in [0.25, 0.3) is 0 Å². The zero-order chi connectivity index (χ0) is 13.9. The zero-order valence-electron chi connectivity index (χ0n) is 10.6. The van der Waals surface area contributed by atoms with Gasteiger partial charge in [-0.3, -0.25) is 0 Å². The van der Waals surface area contributed by atoms with Crippen LogP contribution in [0.25, 0.3) is 0 Å². The molecule has 0 saturated carbocycles. The highest BCUT2D eigenvalue weighted by Crippen LogP contribution is 2.17. The molecule has 0 aliphatic carbocycles. The highest BCUT2D eigenvalue weighted by atomic mass is 35.5. The number of rotatable bonds is 5. The highest BCUT2D eigenvalue weighted by molar-refractivity contribution is 7.89. The van der Waals surface area contributed by atoms with E-state index in [9.17, 15) is 12.8 Å². The summed E-state index contributed by atoms with van der Waals surface area (Å²) in [5, 5.41) is -0.128. The van der Waals surface area contributed by atoms with E-state index in [1.165, 1.54) is 12.1 Å². The van der Waals surface area contributed by atoms with Crippen LogP contribution in [0.2, 0.25) is 0 Å². The molecule has 1 aromatic carbocycles. The molecule has 102 valence electrons. The van der Waals surface area contributed by atoms with Gasteiger partial charge in [0.05, 0.1) is 4.90 Å². The number of hydrogen-bond donors (Lipinski definition) is 1. The van der Waals surface area contributed by atoms with E-state index in [1.54, 1.807) is 20.8 Å². The van der Waals surface area contributed by atoms with E-state index in [4.69, 9.17) is 11.6 Å². The van der Waals surface area contributed by atoms with Gasteiger partial charge in [-0.05, 0) is 44.9 Å². The van der Waals surface area contributed by atoms with Gasteiger partial charge < -0.3 is 0 Å². The van der Waals surface area contributed by atoms with Crippen LogP contribution in [0, 0.1) is 12.7 Å². The monoisotopic (exact) mass is 293 g/mol. The highest BCUT2D eigenvalue weighted by Gasteiger charge is 2.20. The third-order valence-corrected chi connectivity index (χ3v) is 4.38. The third kappa shape index (κ3) is 4.23. The second-order valence-electron chi connectivity index (χ2n) is 4.45. The molecule has 0 aliphatic rings. The predicted octanol–water partition coefficient (Wildman–Crippen LogP) is 2.82. The van der Waals surface area contributed by atoms with Crippen LogP contribution in [0.15, 0.2) is 23.1 Å². The third-order valence-electron chi connectivity index (χ3n) is 2.47. The first-order valence-electron chi connectivity index (χ1n) is 5.65. The van der Waals surface area contributed by atoms with Gasteiger partial charge in [-0.2, -0.15) is 0 Å². The van der Waals surface area contributed by atoms with Crippen LogP contribution in [-0.4, -0.2) is 19.8 Å². The molecule has 1 N–H and O–H groups in total. The maximum Gasteiger partial charge on any atom is 0.241 e. The van der Waals surface area contributed by atoms with E-state index in [1.807, 2.05) is 0 Å². The Hall–Kier alpha value is -0.650. The maximum atomic E-state index is 13.1. The topological polar surface area (TPSA) is 46.2 Å². The van der Waals surface area contributed by atoms with Crippen LogP contribution < -0.4 is 4.72 Å². The molecular weight excluding hydrogens is 277 g/mol. The van der Waals surface area contributed by atoms with E-state index in [-0.39, 0.29) is 16.3 Å². The Kier molecular flexibility index (Phi) is 5.13. The number of aryl methyl sites for hydroxylation is 1. The largest absolute Gasteiger partial charge is 0.241 e. The summed E-state index contributed by atoms with van der Waals surface area (Å²) < 4.78 is 39.8. The maximum absolute atomic E-state index is 13.1. The molecular formula is C12H17ClFNO2S. The summed E-state index contributed by atoms with van der Waals surface area (Å²) in [6.07, 6.45) is 0.509. The van der Waals surface area contributed by atoms with Crippen molar-refractivity contribution in [2.45, 2.75) is 43.5 Å². The van der Waals surface area contributed by atoms with Gasteiger partial charge in [0.1, 0.15) is 5.82 Å². The lowest BCUT2D eigenvalue weighted by atomic mass is 10.2. The van der Waals surface area contributed by atoms with E-state index < -0.39 is 15.8 Å². The summed E-state index contributed by atoms with van der Waals surface area (Å²) in [6.45, 7) is 5.15. The summed E-state index contributed by atoms with van der Waals surface area (Å²) in [6, 6.07) is 3.40. The number of sulfonamides is 1. The fourth-order valence-corrected chi connectivity index (χ4v) is 3.51. The van der Waals surface area contributed by atoms with Crippen molar-refractivity contribution in [3.63, 3.8) is 0 Å². The van der Waals surface area contributed by atoms with Gasteiger partial charge in [-0.1, -0.05) is 6.07 Å². The van der Waals surface area contributed by atoms with E-state index in [2.05, 4.69) is 4.72 Å². The molecule has 0 fully saturated rings. The number of nitrogens with one attached hydrogen (secondary N) is 1. The van der Waals surface area contributed by atoms with E-state index in [0.717, 1.165) is 6.07 Å². The van der Waals surface area contributed by atoms with Crippen molar-refractivity contribution in [1.82, 2.24) is 4.72 Å². The normalized spacial score (nSPS) is 15.4. The predicted molar refractivity (Wildman–Crippen MR) is 70.9 cm³/mol. The van der Waals surface area contributed by atoms with E-state index in [0.29, 0.717) is 12.0 Å². The van der Waals surface area contributed by atoms with Gasteiger partial charge in [0.15, 0.2) is 0 Å². The number of halogens is 2. The van der Waals surface area contributed by atoms with Crippen LogP contribution in [0.4, 0.5) is 4.39 Å². The first kappa shape index (κ1) is 15.4. The zero-order valence-corrected chi connectivity index (χ0v) is 12.1. The van der Waals surface area contributed by atoms with Gasteiger partial charge in [-0.25, -0.2) is 17.5 Å². The van der Waals surface area contributed by atoms with Gasteiger partial charge >= 0.3 is 0 Å². The van der Waals surface area contributed by atoms with Crippen molar-refractivity contribution in [3.05, 3.63) is 29.6 Å². The molecule has 0 aromatic heterocycles. The van der Waals surface area contributed by atoms with Crippen LogP contribution in [-0.2, 0) is 10.0 Å². The lowest BCUT2D eigenvalue weighted by Crippen LogP contribution is -2.34. The summed E-state index contributed by atoms with van der Waals surface area (Å²) in [4.78, 5) is -0.0309. The summed E-state index contributed by atoms with van der Waals surface area (Å²) in [5.41, 5.74) is 0.509. The summed E-state index contributed by atoms with van der Waals surface area (Å²) in [5.74, 6) is -0.570. The molecule has 0 amide bonds. The molecule has 2 unspecified atom stereocenters.